The Morgan fingerprint density at radius 3 is 2.38 bits per heavy atom. The second-order valence-corrected chi connectivity index (χ2v) is 8.70. The molecule has 0 N–H and O–H groups in total. The number of ether oxygens (including phenoxy) is 1. The molecule has 1 aliphatic rings. The van der Waals surface area contributed by atoms with E-state index in [-0.39, 0.29) is 17.1 Å². The second kappa shape index (κ2) is 11.0. The molecule has 0 aliphatic carbocycles. The van der Waals surface area contributed by atoms with Gasteiger partial charge in [-0.15, -0.1) is 0 Å². The summed E-state index contributed by atoms with van der Waals surface area (Å²) < 4.78 is 11.4. The summed E-state index contributed by atoms with van der Waals surface area (Å²) in [4.78, 5) is 29.0. The SMILES string of the molecule is Cc1cc(C)cc(COc2coc(CN3CCN(C(=O)C=Cc4ccccc4)CC3)cc2=O)c1. The monoisotopic (exact) mass is 458 g/mol. The van der Waals surface area contributed by atoms with Gasteiger partial charge in [0.05, 0.1) is 6.54 Å². The topological polar surface area (TPSA) is 63.0 Å². The number of benzene rings is 2. The number of aryl methyl sites for hydroxylation is 2. The molecule has 0 atom stereocenters. The van der Waals surface area contributed by atoms with Gasteiger partial charge in [0.15, 0.2) is 0 Å². The maximum atomic E-state index is 12.5. The number of hydrogen-bond acceptors (Lipinski definition) is 5. The van der Waals surface area contributed by atoms with Gasteiger partial charge in [-0.25, -0.2) is 0 Å². The van der Waals surface area contributed by atoms with Crippen molar-refractivity contribution in [1.82, 2.24) is 9.80 Å². The Hall–Kier alpha value is -3.64. The molecule has 2 heterocycles. The van der Waals surface area contributed by atoms with Crippen LogP contribution in [0.1, 0.15) is 28.0 Å². The fourth-order valence-corrected chi connectivity index (χ4v) is 4.12. The molecule has 1 aromatic heterocycles. The predicted molar refractivity (Wildman–Crippen MR) is 133 cm³/mol. The van der Waals surface area contributed by atoms with Crippen LogP contribution in [0.4, 0.5) is 0 Å². The first kappa shape index (κ1) is 23.5. The van der Waals surface area contributed by atoms with Crippen LogP contribution in [0.25, 0.3) is 6.08 Å². The summed E-state index contributed by atoms with van der Waals surface area (Å²) in [7, 11) is 0. The van der Waals surface area contributed by atoms with Gasteiger partial charge in [-0.2, -0.15) is 0 Å². The van der Waals surface area contributed by atoms with E-state index in [0.29, 0.717) is 32.0 Å². The van der Waals surface area contributed by atoms with Crippen LogP contribution in [0, 0.1) is 13.8 Å². The molecule has 0 spiro atoms. The van der Waals surface area contributed by atoms with E-state index in [4.69, 9.17) is 9.15 Å². The van der Waals surface area contributed by atoms with E-state index in [1.807, 2.05) is 67.3 Å². The van der Waals surface area contributed by atoms with Gasteiger partial charge in [0.25, 0.3) is 0 Å². The van der Waals surface area contributed by atoms with Crippen LogP contribution in [-0.4, -0.2) is 41.9 Å². The minimum Gasteiger partial charge on any atom is -0.482 e. The van der Waals surface area contributed by atoms with Gasteiger partial charge in [-0.1, -0.05) is 59.7 Å². The Labute approximate surface area is 200 Å². The molecule has 6 nitrogen and oxygen atoms in total. The minimum absolute atomic E-state index is 0.0142. The largest absolute Gasteiger partial charge is 0.482 e. The van der Waals surface area contributed by atoms with Crippen molar-refractivity contribution in [2.24, 2.45) is 0 Å². The molecule has 3 aromatic rings. The third-order valence-corrected chi connectivity index (χ3v) is 5.81. The van der Waals surface area contributed by atoms with Gasteiger partial charge in [-0.05, 0) is 31.1 Å². The Bertz CT molecular complexity index is 1190. The number of carbonyl (C=O) groups excluding carboxylic acids is 1. The molecule has 4 rings (SSSR count). The van der Waals surface area contributed by atoms with Crippen LogP contribution in [0.15, 0.2) is 76.1 Å². The summed E-state index contributed by atoms with van der Waals surface area (Å²) >= 11 is 0. The van der Waals surface area contributed by atoms with Crippen molar-refractivity contribution in [3.8, 4) is 5.75 Å². The Balaban J connectivity index is 1.27. The lowest BCUT2D eigenvalue weighted by Crippen LogP contribution is -2.47. The van der Waals surface area contributed by atoms with Crippen LogP contribution in [0.5, 0.6) is 5.75 Å². The van der Waals surface area contributed by atoms with Gasteiger partial charge in [0, 0.05) is 38.3 Å². The molecule has 0 bridgehead atoms. The molecule has 1 aliphatic heterocycles. The molecular weight excluding hydrogens is 428 g/mol. The van der Waals surface area contributed by atoms with Gasteiger partial charge < -0.3 is 14.1 Å². The highest BCUT2D eigenvalue weighted by Gasteiger charge is 2.20. The van der Waals surface area contributed by atoms with Crippen LogP contribution >= 0.6 is 0 Å². The molecule has 0 radical (unpaired) electrons. The van der Waals surface area contributed by atoms with Crippen molar-refractivity contribution in [2.75, 3.05) is 26.2 Å². The van der Waals surface area contributed by atoms with E-state index in [2.05, 4.69) is 11.0 Å². The van der Waals surface area contributed by atoms with Crippen molar-refractivity contribution >= 4 is 12.0 Å². The number of piperazine rings is 1. The molecule has 6 heteroatoms. The maximum Gasteiger partial charge on any atom is 0.246 e. The first-order chi connectivity index (χ1) is 16.5. The van der Waals surface area contributed by atoms with Crippen molar-refractivity contribution in [1.29, 1.82) is 0 Å². The first-order valence-electron chi connectivity index (χ1n) is 11.5. The molecule has 176 valence electrons. The summed E-state index contributed by atoms with van der Waals surface area (Å²) in [5.41, 5.74) is 4.16. The lowest BCUT2D eigenvalue weighted by atomic mass is 10.1. The van der Waals surface area contributed by atoms with Gasteiger partial charge in [0.2, 0.25) is 17.1 Å². The molecule has 34 heavy (non-hydrogen) atoms. The summed E-state index contributed by atoms with van der Waals surface area (Å²) in [5.74, 6) is 0.816. The van der Waals surface area contributed by atoms with Crippen LogP contribution in [-0.2, 0) is 17.9 Å². The van der Waals surface area contributed by atoms with Crippen molar-refractivity contribution in [3.05, 3.63) is 105 Å². The highest BCUT2D eigenvalue weighted by molar-refractivity contribution is 5.91. The van der Waals surface area contributed by atoms with Gasteiger partial charge in [-0.3, -0.25) is 14.5 Å². The standard InChI is InChI=1S/C28H30N2O4/c1-21-14-22(2)16-24(15-21)19-34-27-20-33-25(17-26(27)31)18-29-10-12-30(13-11-29)28(32)9-8-23-6-4-3-5-7-23/h3-9,14-17,20H,10-13,18-19H2,1-2H3. The number of hydrogen-bond donors (Lipinski definition) is 0. The zero-order chi connectivity index (χ0) is 23.9. The zero-order valence-electron chi connectivity index (χ0n) is 19.7. The number of amides is 1. The summed E-state index contributed by atoms with van der Waals surface area (Å²) in [5, 5.41) is 0. The summed E-state index contributed by atoms with van der Waals surface area (Å²) in [6, 6.07) is 17.5. The van der Waals surface area contributed by atoms with E-state index < -0.39 is 0 Å². The van der Waals surface area contributed by atoms with Crippen molar-refractivity contribution in [2.45, 2.75) is 27.0 Å². The summed E-state index contributed by atoms with van der Waals surface area (Å²) in [6.45, 7) is 7.64. The lowest BCUT2D eigenvalue weighted by Gasteiger charge is -2.33. The Morgan fingerprint density at radius 1 is 1.00 bits per heavy atom. The molecule has 1 saturated heterocycles. The quantitative estimate of drug-likeness (QED) is 0.497. The number of nitrogens with zero attached hydrogens (tertiary/aromatic N) is 2. The van der Waals surface area contributed by atoms with E-state index in [1.165, 1.54) is 12.3 Å². The lowest BCUT2D eigenvalue weighted by molar-refractivity contribution is -0.127. The van der Waals surface area contributed by atoms with Crippen LogP contribution in [0.2, 0.25) is 0 Å². The van der Waals surface area contributed by atoms with E-state index in [0.717, 1.165) is 35.3 Å². The molecule has 1 amide bonds. The molecule has 1 fully saturated rings. The van der Waals surface area contributed by atoms with Gasteiger partial charge in [0.1, 0.15) is 18.6 Å². The van der Waals surface area contributed by atoms with Crippen molar-refractivity contribution in [3.63, 3.8) is 0 Å². The number of rotatable bonds is 7. The first-order valence-corrected chi connectivity index (χ1v) is 11.5. The second-order valence-electron chi connectivity index (χ2n) is 8.70. The number of carbonyl (C=O) groups is 1. The maximum absolute atomic E-state index is 12.5. The zero-order valence-corrected chi connectivity index (χ0v) is 19.7. The van der Waals surface area contributed by atoms with Crippen LogP contribution < -0.4 is 10.2 Å². The van der Waals surface area contributed by atoms with E-state index >= 15 is 0 Å². The molecule has 0 saturated carbocycles. The minimum atomic E-state index is -0.189. The Morgan fingerprint density at radius 2 is 1.71 bits per heavy atom. The fourth-order valence-electron chi connectivity index (χ4n) is 4.12. The average molecular weight is 459 g/mol. The third kappa shape index (κ3) is 6.45. The van der Waals surface area contributed by atoms with E-state index in [1.54, 1.807) is 6.08 Å². The van der Waals surface area contributed by atoms with E-state index in [9.17, 15) is 9.59 Å². The highest BCUT2D eigenvalue weighted by Crippen LogP contribution is 2.14. The highest BCUT2D eigenvalue weighted by atomic mass is 16.5. The smallest absolute Gasteiger partial charge is 0.246 e. The van der Waals surface area contributed by atoms with Crippen molar-refractivity contribution < 1.29 is 13.9 Å². The average Bonchev–Trinajstić information content (AvgIpc) is 2.82. The third-order valence-electron chi connectivity index (χ3n) is 5.81. The Kier molecular flexibility index (Phi) is 7.60. The molecular formula is C28H30N2O4. The predicted octanol–water partition coefficient (Wildman–Crippen LogP) is 4.19. The molecule has 0 unspecified atom stereocenters. The fraction of sp³-hybridized carbons (Fsp3) is 0.286. The normalized spacial score (nSPS) is 14.5. The summed E-state index contributed by atoms with van der Waals surface area (Å²) in [6.07, 6.45) is 4.86. The molecule has 2 aromatic carbocycles. The van der Waals surface area contributed by atoms with Gasteiger partial charge >= 0.3 is 0 Å². The van der Waals surface area contributed by atoms with Crippen LogP contribution in [0.3, 0.4) is 0 Å².